The quantitative estimate of drug-likeness (QED) is 0.321. The van der Waals surface area contributed by atoms with Crippen molar-refractivity contribution in [2.24, 2.45) is 5.92 Å². The Labute approximate surface area is 195 Å². The number of carbonyl (C=O) groups is 2. The maximum atomic E-state index is 15.1. The van der Waals surface area contributed by atoms with Gasteiger partial charge >= 0.3 is 11.9 Å². The van der Waals surface area contributed by atoms with E-state index >= 15 is 8.78 Å². The van der Waals surface area contributed by atoms with E-state index < -0.39 is 58.0 Å². The Balaban J connectivity index is 1.74. The van der Waals surface area contributed by atoms with Gasteiger partial charge in [0.1, 0.15) is 16.8 Å². The smallest absolute Gasteiger partial charge is 0.341 e. The molecular formula is C27H23F3O4. The average molecular weight is 468 g/mol. The van der Waals surface area contributed by atoms with Crippen LogP contribution in [-0.2, 0) is 19.7 Å². The molecule has 4 nitrogen and oxygen atoms in total. The monoisotopic (exact) mass is 468 g/mol. The Morgan fingerprint density at radius 3 is 1.97 bits per heavy atom. The topological polar surface area (TPSA) is 52.6 Å². The average Bonchev–Trinajstić information content (AvgIpc) is 3.52. The van der Waals surface area contributed by atoms with Crippen LogP contribution in [0.5, 0.6) is 0 Å². The van der Waals surface area contributed by atoms with Crippen LogP contribution in [0.25, 0.3) is 0 Å². The Bertz CT molecular complexity index is 1170. The summed E-state index contributed by atoms with van der Waals surface area (Å²) in [6, 6.07) is 18.5. The number of ether oxygens (including phenoxy) is 2. The lowest BCUT2D eigenvalue weighted by molar-refractivity contribution is -0.151. The summed E-state index contributed by atoms with van der Waals surface area (Å²) in [7, 11) is 0. The minimum atomic E-state index is -1.70. The van der Waals surface area contributed by atoms with Crippen LogP contribution < -0.4 is 0 Å². The molecule has 1 fully saturated rings. The summed E-state index contributed by atoms with van der Waals surface area (Å²) in [5.41, 5.74) is -1.94. The number of esters is 2. The van der Waals surface area contributed by atoms with Crippen molar-refractivity contribution in [3.63, 3.8) is 0 Å². The molecule has 1 aliphatic carbocycles. The second-order valence-electron chi connectivity index (χ2n) is 8.31. The third-order valence-corrected chi connectivity index (χ3v) is 6.20. The minimum absolute atomic E-state index is 0.0775. The lowest BCUT2D eigenvalue weighted by Gasteiger charge is -2.24. The summed E-state index contributed by atoms with van der Waals surface area (Å²) in [6.45, 7) is 3.04. The van der Waals surface area contributed by atoms with Gasteiger partial charge in [-0.3, -0.25) is 4.79 Å². The van der Waals surface area contributed by atoms with Gasteiger partial charge in [-0.1, -0.05) is 67.6 Å². The van der Waals surface area contributed by atoms with Crippen LogP contribution in [-0.4, -0.2) is 18.5 Å². The number of rotatable bonds is 7. The molecule has 3 aromatic carbocycles. The largest absolute Gasteiger partial charge is 0.462 e. The third-order valence-electron chi connectivity index (χ3n) is 6.20. The molecule has 1 aliphatic rings. The first kappa shape index (κ1) is 23.5. The van der Waals surface area contributed by atoms with Gasteiger partial charge in [-0.25, -0.2) is 18.0 Å². The first-order chi connectivity index (χ1) is 16.3. The molecule has 2 atom stereocenters. The van der Waals surface area contributed by atoms with Crippen LogP contribution in [0.3, 0.4) is 0 Å². The number of carbonyl (C=O) groups excluding carboxylic acids is 2. The van der Waals surface area contributed by atoms with Crippen molar-refractivity contribution in [1.82, 2.24) is 0 Å². The maximum absolute atomic E-state index is 15.1. The van der Waals surface area contributed by atoms with Gasteiger partial charge in [0.25, 0.3) is 0 Å². The van der Waals surface area contributed by atoms with Crippen LogP contribution in [0.15, 0.2) is 66.7 Å². The van der Waals surface area contributed by atoms with Crippen LogP contribution in [0.4, 0.5) is 13.2 Å². The van der Waals surface area contributed by atoms with Gasteiger partial charge in [-0.05, 0) is 36.5 Å². The summed E-state index contributed by atoms with van der Waals surface area (Å²) in [5, 5.41) is 0. The van der Waals surface area contributed by atoms with E-state index in [1.807, 2.05) is 12.1 Å². The zero-order valence-electron chi connectivity index (χ0n) is 18.7. The molecule has 176 valence electrons. The minimum Gasteiger partial charge on any atom is -0.462 e. The first-order valence-corrected chi connectivity index (χ1v) is 11.0. The highest BCUT2D eigenvalue weighted by Crippen LogP contribution is 2.57. The normalized spacial score (nSPS) is 19.1. The molecule has 3 aromatic rings. The molecule has 2 unspecified atom stereocenters. The van der Waals surface area contributed by atoms with E-state index in [2.05, 4.69) is 4.74 Å². The molecule has 0 bridgehead atoms. The highest BCUT2D eigenvalue weighted by Gasteiger charge is 2.63. The zero-order valence-corrected chi connectivity index (χ0v) is 18.7. The summed E-state index contributed by atoms with van der Waals surface area (Å²) in [5.74, 6) is -6.87. The summed E-state index contributed by atoms with van der Waals surface area (Å²) < 4.78 is 55.6. The van der Waals surface area contributed by atoms with E-state index in [4.69, 9.17) is 4.74 Å². The SMILES string of the molecule is CCOC(=O)c1cc(F)c(C2(C(=O)OC(c3ccccc3)c3ccccc3)CC2C)c(F)c1F. The molecule has 0 aromatic heterocycles. The fraction of sp³-hybridized carbons (Fsp3) is 0.259. The Morgan fingerprint density at radius 2 is 1.50 bits per heavy atom. The van der Waals surface area contributed by atoms with Gasteiger partial charge in [0.05, 0.1) is 6.61 Å². The van der Waals surface area contributed by atoms with Crippen molar-refractivity contribution in [3.05, 3.63) is 106 Å². The van der Waals surface area contributed by atoms with Gasteiger partial charge < -0.3 is 9.47 Å². The fourth-order valence-electron chi connectivity index (χ4n) is 4.32. The highest BCUT2D eigenvalue weighted by atomic mass is 19.2. The predicted octanol–water partition coefficient (Wildman–Crippen LogP) is 5.89. The number of hydrogen-bond donors (Lipinski definition) is 0. The van der Waals surface area contributed by atoms with Crippen molar-refractivity contribution < 1.29 is 32.2 Å². The molecule has 0 saturated heterocycles. The van der Waals surface area contributed by atoms with E-state index in [1.54, 1.807) is 55.5 Å². The summed E-state index contributed by atoms with van der Waals surface area (Å²) >= 11 is 0. The second kappa shape index (κ2) is 9.33. The molecule has 0 radical (unpaired) electrons. The van der Waals surface area contributed by atoms with Gasteiger partial charge in [0.15, 0.2) is 17.7 Å². The maximum Gasteiger partial charge on any atom is 0.341 e. The van der Waals surface area contributed by atoms with Crippen LogP contribution >= 0.6 is 0 Å². The lowest BCUT2D eigenvalue weighted by atomic mass is 9.90. The van der Waals surface area contributed by atoms with Crippen molar-refractivity contribution in [2.45, 2.75) is 31.8 Å². The van der Waals surface area contributed by atoms with Gasteiger partial charge in [0, 0.05) is 5.56 Å². The fourth-order valence-corrected chi connectivity index (χ4v) is 4.32. The van der Waals surface area contributed by atoms with Gasteiger partial charge in [-0.15, -0.1) is 0 Å². The molecule has 1 saturated carbocycles. The van der Waals surface area contributed by atoms with Crippen LogP contribution in [0.2, 0.25) is 0 Å². The van der Waals surface area contributed by atoms with E-state index in [0.717, 1.165) is 0 Å². The highest BCUT2D eigenvalue weighted by molar-refractivity contribution is 5.91. The Kier molecular flexibility index (Phi) is 6.46. The summed E-state index contributed by atoms with van der Waals surface area (Å²) in [6.07, 6.45) is -0.747. The van der Waals surface area contributed by atoms with E-state index in [9.17, 15) is 14.0 Å². The zero-order chi connectivity index (χ0) is 24.5. The molecule has 34 heavy (non-hydrogen) atoms. The second-order valence-corrected chi connectivity index (χ2v) is 8.31. The van der Waals surface area contributed by atoms with E-state index in [0.29, 0.717) is 17.2 Å². The van der Waals surface area contributed by atoms with Gasteiger partial charge in [0.2, 0.25) is 0 Å². The van der Waals surface area contributed by atoms with Crippen molar-refractivity contribution in [3.8, 4) is 0 Å². The molecule has 7 heteroatoms. The van der Waals surface area contributed by atoms with Crippen LogP contribution in [0.1, 0.15) is 53.4 Å². The number of hydrogen-bond acceptors (Lipinski definition) is 4. The molecule has 0 amide bonds. The van der Waals surface area contributed by atoms with Gasteiger partial charge in [-0.2, -0.15) is 0 Å². The molecule has 0 spiro atoms. The predicted molar refractivity (Wildman–Crippen MR) is 119 cm³/mol. The summed E-state index contributed by atoms with van der Waals surface area (Å²) in [4.78, 5) is 25.4. The molecule has 0 aliphatic heterocycles. The standard InChI is InChI=1S/C27H23F3O4/c1-3-33-25(31)19-14-20(28)21(23(30)22(19)29)27(15-16(27)2)26(32)34-24(17-10-6-4-7-11-17)18-12-8-5-9-13-18/h4-14,16,24H,3,15H2,1-2H3. The molecule has 4 rings (SSSR count). The number of benzene rings is 3. The van der Waals surface area contributed by atoms with Crippen molar-refractivity contribution in [1.29, 1.82) is 0 Å². The van der Waals surface area contributed by atoms with E-state index in [-0.39, 0.29) is 13.0 Å². The molecule has 0 heterocycles. The van der Waals surface area contributed by atoms with E-state index in [1.165, 1.54) is 6.92 Å². The lowest BCUT2D eigenvalue weighted by Crippen LogP contribution is -2.30. The van der Waals surface area contributed by atoms with Crippen LogP contribution in [0, 0.1) is 23.4 Å². The third kappa shape index (κ3) is 4.06. The Morgan fingerprint density at radius 1 is 0.971 bits per heavy atom. The molecule has 0 N–H and O–H groups in total. The first-order valence-electron chi connectivity index (χ1n) is 11.0. The number of halogens is 3. The Hall–Kier alpha value is -3.61. The van der Waals surface area contributed by atoms with Crippen molar-refractivity contribution >= 4 is 11.9 Å². The van der Waals surface area contributed by atoms with Crippen molar-refractivity contribution in [2.75, 3.05) is 6.61 Å². The molecular weight excluding hydrogens is 445 g/mol.